The number of hydrogen-bond donors (Lipinski definition) is 1. The summed E-state index contributed by atoms with van der Waals surface area (Å²) in [4.78, 5) is 0. The zero-order chi connectivity index (χ0) is 8.97. The molecule has 0 spiro atoms. The highest BCUT2D eigenvalue weighted by Crippen LogP contribution is 2.16. The van der Waals surface area contributed by atoms with E-state index in [-0.39, 0.29) is 0 Å². The zero-order valence-corrected chi connectivity index (χ0v) is 6.50. The molecule has 0 aromatic heterocycles. The van der Waals surface area contributed by atoms with E-state index in [0.717, 1.165) is 5.56 Å². The van der Waals surface area contributed by atoms with Crippen LogP contribution in [0.15, 0.2) is 24.3 Å². The van der Waals surface area contributed by atoms with E-state index in [2.05, 4.69) is 0 Å². The molecule has 0 amide bonds. The lowest BCUT2D eigenvalue weighted by molar-refractivity contribution is 0.423. The third-order valence-electron chi connectivity index (χ3n) is 1.59. The van der Waals surface area contributed by atoms with Gasteiger partial charge in [0.15, 0.2) is 0 Å². The van der Waals surface area contributed by atoms with E-state index in [9.17, 15) is 4.39 Å². The van der Waals surface area contributed by atoms with Gasteiger partial charge in [-0.05, 0) is 5.56 Å². The van der Waals surface area contributed by atoms with Gasteiger partial charge in [-0.25, -0.2) is 4.39 Å². The normalized spacial score (nSPS) is 12.1. The van der Waals surface area contributed by atoms with Gasteiger partial charge in [-0.3, -0.25) is 0 Å². The Morgan fingerprint density at radius 3 is 2.92 bits per heavy atom. The van der Waals surface area contributed by atoms with Crippen LogP contribution < -0.4 is 5.73 Å². The molecule has 0 aliphatic carbocycles. The number of alkyl halides is 1. The van der Waals surface area contributed by atoms with Crippen molar-refractivity contribution in [2.24, 2.45) is 5.73 Å². The molecule has 0 bridgehead atoms. The molecule has 0 heterocycles. The van der Waals surface area contributed by atoms with Crippen LogP contribution in [-0.4, -0.2) is 0 Å². The molecular formula is C9H9FN2. The highest BCUT2D eigenvalue weighted by Gasteiger charge is 2.06. The van der Waals surface area contributed by atoms with Crippen LogP contribution in [0, 0.1) is 11.3 Å². The molecule has 0 aliphatic heterocycles. The molecule has 2 nitrogen and oxygen atoms in total. The van der Waals surface area contributed by atoms with Crippen LogP contribution in [-0.2, 0) is 6.54 Å². The number of nitriles is 1. The van der Waals surface area contributed by atoms with E-state index in [0.29, 0.717) is 12.1 Å². The second-order valence-corrected chi connectivity index (χ2v) is 2.44. The minimum Gasteiger partial charge on any atom is -0.326 e. The highest BCUT2D eigenvalue weighted by atomic mass is 19.1. The number of hydrogen-bond acceptors (Lipinski definition) is 2. The molecule has 1 unspecified atom stereocenters. The molecule has 1 rings (SSSR count). The molecule has 0 fully saturated rings. The molecule has 1 aromatic rings. The molecule has 0 radical (unpaired) electrons. The van der Waals surface area contributed by atoms with Gasteiger partial charge in [0.05, 0.1) is 0 Å². The first-order valence-electron chi connectivity index (χ1n) is 3.60. The standard InChI is InChI=1S/C9H9FN2/c10-9(6-12)8-3-1-2-7(4-8)5-11/h1-4,9H,5,11H2. The Morgan fingerprint density at radius 1 is 1.58 bits per heavy atom. The van der Waals surface area contributed by atoms with Gasteiger partial charge in [0.25, 0.3) is 0 Å². The summed E-state index contributed by atoms with van der Waals surface area (Å²) in [5, 5.41) is 8.30. The molecule has 2 N–H and O–H groups in total. The van der Waals surface area contributed by atoms with Gasteiger partial charge in [-0.15, -0.1) is 0 Å². The monoisotopic (exact) mass is 164 g/mol. The lowest BCUT2D eigenvalue weighted by Gasteiger charge is -2.01. The molecule has 12 heavy (non-hydrogen) atoms. The van der Waals surface area contributed by atoms with Crippen LogP contribution in [0.4, 0.5) is 4.39 Å². The summed E-state index contributed by atoms with van der Waals surface area (Å²) >= 11 is 0. The van der Waals surface area contributed by atoms with Crippen LogP contribution in [0.3, 0.4) is 0 Å². The van der Waals surface area contributed by atoms with Gasteiger partial charge in [0.2, 0.25) is 6.17 Å². The van der Waals surface area contributed by atoms with Crippen molar-refractivity contribution in [3.05, 3.63) is 35.4 Å². The van der Waals surface area contributed by atoms with Crippen LogP contribution in [0.25, 0.3) is 0 Å². The molecule has 62 valence electrons. The van der Waals surface area contributed by atoms with Gasteiger partial charge in [0.1, 0.15) is 6.07 Å². The number of nitrogens with two attached hydrogens (primary N) is 1. The lowest BCUT2D eigenvalue weighted by Crippen LogP contribution is -1.97. The van der Waals surface area contributed by atoms with E-state index in [4.69, 9.17) is 11.0 Å². The van der Waals surface area contributed by atoms with E-state index < -0.39 is 6.17 Å². The number of rotatable bonds is 2. The fourth-order valence-electron chi connectivity index (χ4n) is 0.952. The Balaban J connectivity index is 2.95. The second kappa shape index (κ2) is 3.84. The Hall–Kier alpha value is -1.40. The quantitative estimate of drug-likeness (QED) is 0.722. The van der Waals surface area contributed by atoms with Crippen molar-refractivity contribution in [3.63, 3.8) is 0 Å². The molecular weight excluding hydrogens is 155 g/mol. The maximum absolute atomic E-state index is 12.8. The molecule has 3 heteroatoms. The van der Waals surface area contributed by atoms with Gasteiger partial charge in [0, 0.05) is 12.1 Å². The van der Waals surface area contributed by atoms with Gasteiger partial charge in [-0.1, -0.05) is 24.3 Å². The van der Waals surface area contributed by atoms with Crippen molar-refractivity contribution >= 4 is 0 Å². The Kier molecular flexibility index (Phi) is 2.78. The topological polar surface area (TPSA) is 49.8 Å². The lowest BCUT2D eigenvalue weighted by atomic mass is 10.1. The maximum Gasteiger partial charge on any atom is 0.211 e. The number of halogens is 1. The van der Waals surface area contributed by atoms with E-state index in [1.165, 1.54) is 6.07 Å². The third-order valence-corrected chi connectivity index (χ3v) is 1.59. The maximum atomic E-state index is 12.8. The van der Waals surface area contributed by atoms with Gasteiger partial charge < -0.3 is 5.73 Å². The molecule has 0 saturated carbocycles. The first-order valence-corrected chi connectivity index (χ1v) is 3.60. The first kappa shape index (κ1) is 8.69. The summed E-state index contributed by atoms with van der Waals surface area (Å²) in [5.74, 6) is 0. The Labute approximate surface area is 70.4 Å². The fourth-order valence-corrected chi connectivity index (χ4v) is 0.952. The molecule has 1 aromatic carbocycles. The van der Waals surface area contributed by atoms with E-state index in [1.807, 2.05) is 0 Å². The minimum absolute atomic E-state index is 0.367. The predicted octanol–water partition coefficient (Wildman–Crippen LogP) is 1.68. The second-order valence-electron chi connectivity index (χ2n) is 2.44. The van der Waals surface area contributed by atoms with Gasteiger partial charge >= 0.3 is 0 Å². The summed E-state index contributed by atoms with van der Waals surface area (Å²) in [6, 6.07) is 8.20. The Morgan fingerprint density at radius 2 is 2.33 bits per heavy atom. The summed E-state index contributed by atoms with van der Waals surface area (Å²) < 4.78 is 12.8. The SMILES string of the molecule is N#CC(F)c1cccc(CN)c1. The third kappa shape index (κ3) is 1.80. The van der Waals surface area contributed by atoms with Crippen LogP contribution in [0.1, 0.15) is 17.3 Å². The molecule has 1 atom stereocenters. The summed E-state index contributed by atoms with van der Waals surface area (Å²) in [5.41, 5.74) is 6.57. The fraction of sp³-hybridized carbons (Fsp3) is 0.222. The molecule has 0 saturated heterocycles. The van der Waals surface area contributed by atoms with Crippen molar-refractivity contribution in [1.82, 2.24) is 0 Å². The number of benzene rings is 1. The van der Waals surface area contributed by atoms with Crippen molar-refractivity contribution < 1.29 is 4.39 Å². The largest absolute Gasteiger partial charge is 0.326 e. The predicted molar refractivity (Wildman–Crippen MR) is 43.8 cm³/mol. The first-order chi connectivity index (χ1) is 5.77. The van der Waals surface area contributed by atoms with Gasteiger partial charge in [-0.2, -0.15) is 5.26 Å². The summed E-state index contributed by atoms with van der Waals surface area (Å²) in [7, 11) is 0. The highest BCUT2D eigenvalue weighted by molar-refractivity contribution is 5.27. The van der Waals surface area contributed by atoms with Crippen molar-refractivity contribution in [1.29, 1.82) is 5.26 Å². The average molecular weight is 164 g/mol. The summed E-state index contributed by atoms with van der Waals surface area (Å²) in [6.07, 6.45) is -1.54. The average Bonchev–Trinajstić information content (AvgIpc) is 2.17. The Bertz CT molecular complexity index is 304. The van der Waals surface area contributed by atoms with E-state index >= 15 is 0 Å². The van der Waals surface area contributed by atoms with Crippen LogP contribution >= 0.6 is 0 Å². The number of nitrogens with zero attached hydrogens (tertiary/aromatic N) is 1. The smallest absolute Gasteiger partial charge is 0.211 e. The zero-order valence-electron chi connectivity index (χ0n) is 6.50. The van der Waals surface area contributed by atoms with E-state index in [1.54, 1.807) is 24.3 Å². The molecule has 0 aliphatic rings. The summed E-state index contributed by atoms with van der Waals surface area (Å²) in [6.45, 7) is 0.367. The minimum atomic E-state index is -1.54. The van der Waals surface area contributed by atoms with Crippen molar-refractivity contribution in [3.8, 4) is 6.07 Å². The van der Waals surface area contributed by atoms with Crippen molar-refractivity contribution in [2.45, 2.75) is 12.7 Å². The van der Waals surface area contributed by atoms with Crippen LogP contribution in [0.5, 0.6) is 0 Å². The van der Waals surface area contributed by atoms with Crippen LogP contribution in [0.2, 0.25) is 0 Å². The van der Waals surface area contributed by atoms with Crippen molar-refractivity contribution in [2.75, 3.05) is 0 Å².